The van der Waals surface area contributed by atoms with Crippen LogP contribution in [0, 0.1) is 6.92 Å². The molecule has 0 aliphatic rings. The molecule has 1 aromatic rings. The normalized spacial score (nSPS) is 12.0. The Morgan fingerprint density at radius 2 is 2.19 bits per heavy atom. The standard InChI is InChI=1S/C10H10F3NO2/c1-7-2-3-8(16-7)4-5-9(15)14-6-10(11,12)13/h2-5H,6H2,1H3,(H,14,15)/b5-4+. The van der Waals surface area contributed by atoms with Gasteiger partial charge in [-0.15, -0.1) is 0 Å². The Labute approximate surface area is 89.9 Å². The highest BCUT2D eigenvalue weighted by atomic mass is 19.4. The van der Waals surface area contributed by atoms with Crippen LogP contribution in [0.1, 0.15) is 11.5 Å². The van der Waals surface area contributed by atoms with Gasteiger partial charge in [0.2, 0.25) is 5.91 Å². The molecule has 0 aliphatic carbocycles. The van der Waals surface area contributed by atoms with Crippen LogP contribution < -0.4 is 5.32 Å². The molecule has 0 atom stereocenters. The Kier molecular flexibility index (Phi) is 3.76. The van der Waals surface area contributed by atoms with E-state index in [1.54, 1.807) is 24.4 Å². The third-order valence-electron chi connectivity index (χ3n) is 1.62. The molecule has 1 amide bonds. The van der Waals surface area contributed by atoms with E-state index in [2.05, 4.69) is 0 Å². The number of aryl methyl sites for hydroxylation is 1. The summed E-state index contributed by atoms with van der Waals surface area (Å²) in [5.41, 5.74) is 0. The van der Waals surface area contributed by atoms with Gasteiger partial charge in [0, 0.05) is 6.08 Å². The minimum absolute atomic E-state index is 0.416. The molecule has 1 aromatic heterocycles. The van der Waals surface area contributed by atoms with Crippen LogP contribution in [-0.2, 0) is 4.79 Å². The van der Waals surface area contributed by atoms with E-state index < -0.39 is 18.6 Å². The van der Waals surface area contributed by atoms with Gasteiger partial charge in [-0.3, -0.25) is 4.79 Å². The number of carbonyl (C=O) groups excluding carboxylic acids is 1. The van der Waals surface area contributed by atoms with Crippen LogP contribution in [0.25, 0.3) is 6.08 Å². The van der Waals surface area contributed by atoms with E-state index in [1.165, 1.54) is 6.08 Å². The van der Waals surface area contributed by atoms with Gasteiger partial charge in [0.25, 0.3) is 0 Å². The van der Waals surface area contributed by atoms with Gasteiger partial charge in [0.15, 0.2) is 0 Å². The number of amides is 1. The number of nitrogens with one attached hydrogen (secondary N) is 1. The molecule has 0 aliphatic heterocycles. The molecule has 0 bridgehead atoms. The van der Waals surface area contributed by atoms with Crippen LogP contribution >= 0.6 is 0 Å². The highest BCUT2D eigenvalue weighted by Gasteiger charge is 2.27. The summed E-state index contributed by atoms with van der Waals surface area (Å²) in [6.45, 7) is 0.383. The molecule has 16 heavy (non-hydrogen) atoms. The Bertz CT molecular complexity index is 393. The predicted molar refractivity (Wildman–Crippen MR) is 51.5 cm³/mol. The van der Waals surface area contributed by atoms with E-state index in [1.807, 2.05) is 0 Å². The Balaban J connectivity index is 2.43. The zero-order valence-electron chi connectivity index (χ0n) is 8.47. The lowest BCUT2D eigenvalue weighted by molar-refractivity contribution is -0.135. The topological polar surface area (TPSA) is 42.2 Å². The summed E-state index contributed by atoms with van der Waals surface area (Å²) in [5, 5.41) is 1.71. The van der Waals surface area contributed by atoms with Crippen molar-refractivity contribution in [2.75, 3.05) is 6.54 Å². The summed E-state index contributed by atoms with van der Waals surface area (Å²) in [4.78, 5) is 10.9. The fourth-order valence-corrected chi connectivity index (χ4v) is 0.947. The summed E-state index contributed by atoms with van der Waals surface area (Å²) in [6.07, 6.45) is -2.10. The number of halogens is 3. The Morgan fingerprint density at radius 1 is 1.50 bits per heavy atom. The van der Waals surface area contributed by atoms with Crippen molar-refractivity contribution in [1.82, 2.24) is 5.32 Å². The molecule has 6 heteroatoms. The minimum atomic E-state index is -4.40. The minimum Gasteiger partial charge on any atom is -0.462 e. The van der Waals surface area contributed by atoms with E-state index in [0.717, 1.165) is 6.08 Å². The average Bonchev–Trinajstić information content (AvgIpc) is 2.57. The zero-order valence-corrected chi connectivity index (χ0v) is 8.47. The molecule has 0 aromatic carbocycles. The monoisotopic (exact) mass is 233 g/mol. The Morgan fingerprint density at radius 3 is 2.69 bits per heavy atom. The van der Waals surface area contributed by atoms with E-state index in [0.29, 0.717) is 11.5 Å². The molecule has 1 heterocycles. The lowest BCUT2D eigenvalue weighted by atomic mass is 10.4. The van der Waals surface area contributed by atoms with Crippen molar-refractivity contribution in [2.45, 2.75) is 13.1 Å². The second-order valence-electron chi connectivity index (χ2n) is 3.11. The van der Waals surface area contributed by atoms with Gasteiger partial charge < -0.3 is 9.73 Å². The first kappa shape index (κ1) is 12.4. The summed E-state index contributed by atoms with van der Waals surface area (Å²) in [7, 11) is 0. The van der Waals surface area contributed by atoms with Crippen molar-refractivity contribution in [3.8, 4) is 0 Å². The van der Waals surface area contributed by atoms with Crippen molar-refractivity contribution >= 4 is 12.0 Å². The second-order valence-corrected chi connectivity index (χ2v) is 3.11. The van der Waals surface area contributed by atoms with Crippen molar-refractivity contribution < 1.29 is 22.4 Å². The molecule has 1 rings (SSSR count). The molecule has 0 unspecified atom stereocenters. The summed E-state index contributed by atoms with van der Waals surface area (Å²) in [6, 6.07) is 3.30. The highest BCUT2D eigenvalue weighted by Crippen LogP contribution is 2.12. The SMILES string of the molecule is Cc1ccc(/C=C/C(=O)NCC(F)(F)F)o1. The van der Waals surface area contributed by atoms with E-state index in [4.69, 9.17) is 4.42 Å². The van der Waals surface area contributed by atoms with Gasteiger partial charge in [0.05, 0.1) is 0 Å². The third-order valence-corrected chi connectivity index (χ3v) is 1.62. The average molecular weight is 233 g/mol. The fraction of sp³-hybridized carbons (Fsp3) is 0.300. The maximum Gasteiger partial charge on any atom is 0.405 e. The largest absolute Gasteiger partial charge is 0.462 e. The number of carbonyl (C=O) groups is 1. The van der Waals surface area contributed by atoms with E-state index >= 15 is 0 Å². The molecule has 0 fully saturated rings. The smallest absolute Gasteiger partial charge is 0.405 e. The maximum atomic E-state index is 11.7. The quantitative estimate of drug-likeness (QED) is 0.814. The molecule has 88 valence electrons. The number of hydrogen-bond acceptors (Lipinski definition) is 2. The maximum absolute atomic E-state index is 11.7. The van der Waals surface area contributed by atoms with Crippen molar-refractivity contribution in [3.05, 3.63) is 29.7 Å². The summed E-state index contributed by atoms with van der Waals surface area (Å²) < 4.78 is 40.3. The molecule has 0 radical (unpaired) electrons. The molecule has 3 nitrogen and oxygen atoms in total. The van der Waals surface area contributed by atoms with E-state index in [9.17, 15) is 18.0 Å². The van der Waals surface area contributed by atoms with Crippen molar-refractivity contribution in [3.63, 3.8) is 0 Å². The number of furan rings is 1. The first-order valence-electron chi connectivity index (χ1n) is 4.46. The number of rotatable bonds is 3. The molecule has 1 N–H and O–H groups in total. The summed E-state index contributed by atoms with van der Waals surface area (Å²) in [5.74, 6) is 0.265. The lowest BCUT2D eigenvalue weighted by Gasteiger charge is -2.05. The first-order valence-corrected chi connectivity index (χ1v) is 4.46. The van der Waals surface area contributed by atoms with Crippen LogP contribution in [0.15, 0.2) is 22.6 Å². The lowest BCUT2D eigenvalue weighted by Crippen LogP contribution is -2.32. The highest BCUT2D eigenvalue weighted by molar-refractivity contribution is 5.91. The summed E-state index contributed by atoms with van der Waals surface area (Å²) >= 11 is 0. The van der Waals surface area contributed by atoms with Gasteiger partial charge in [-0.25, -0.2) is 0 Å². The molecular formula is C10H10F3NO2. The van der Waals surface area contributed by atoms with Gasteiger partial charge in [0.1, 0.15) is 18.1 Å². The van der Waals surface area contributed by atoms with Gasteiger partial charge in [-0.1, -0.05) is 0 Å². The van der Waals surface area contributed by atoms with Crippen molar-refractivity contribution in [2.24, 2.45) is 0 Å². The fourth-order valence-electron chi connectivity index (χ4n) is 0.947. The molecular weight excluding hydrogens is 223 g/mol. The molecule has 0 saturated carbocycles. The molecule has 0 saturated heterocycles. The Hall–Kier alpha value is -1.72. The first-order chi connectivity index (χ1) is 7.37. The van der Waals surface area contributed by atoms with E-state index in [-0.39, 0.29) is 0 Å². The van der Waals surface area contributed by atoms with Crippen molar-refractivity contribution in [1.29, 1.82) is 0 Å². The van der Waals surface area contributed by atoms with Gasteiger partial charge in [-0.2, -0.15) is 13.2 Å². The van der Waals surface area contributed by atoms with Crippen LogP contribution in [-0.4, -0.2) is 18.6 Å². The number of alkyl halides is 3. The molecule has 0 spiro atoms. The second kappa shape index (κ2) is 4.87. The van der Waals surface area contributed by atoms with Crippen LogP contribution in [0.3, 0.4) is 0 Å². The van der Waals surface area contributed by atoms with Crippen LogP contribution in [0.2, 0.25) is 0 Å². The van der Waals surface area contributed by atoms with Crippen LogP contribution in [0.4, 0.5) is 13.2 Å². The van der Waals surface area contributed by atoms with Crippen LogP contribution in [0.5, 0.6) is 0 Å². The zero-order chi connectivity index (χ0) is 12.2. The number of hydrogen-bond donors (Lipinski definition) is 1. The van der Waals surface area contributed by atoms with Gasteiger partial charge >= 0.3 is 6.18 Å². The third kappa shape index (κ3) is 4.68. The van der Waals surface area contributed by atoms with Gasteiger partial charge in [-0.05, 0) is 25.1 Å². The predicted octanol–water partition coefficient (Wildman–Crippen LogP) is 2.28.